The largest absolute Gasteiger partial charge is 0.465 e. The summed E-state index contributed by atoms with van der Waals surface area (Å²) in [7, 11) is 1.36. The molecule has 16 heavy (non-hydrogen) atoms. The third kappa shape index (κ3) is 2.09. The lowest BCUT2D eigenvalue weighted by Crippen LogP contribution is -2.20. The first kappa shape index (κ1) is 11.1. The van der Waals surface area contributed by atoms with Crippen molar-refractivity contribution in [3.8, 4) is 0 Å². The molecule has 1 aromatic rings. The second-order valence-corrected chi connectivity index (χ2v) is 4.25. The number of esters is 1. The number of aliphatic hydroxyl groups excluding tert-OH is 1. The van der Waals surface area contributed by atoms with Gasteiger partial charge in [0.05, 0.1) is 18.8 Å². The Labute approximate surface area is 95.0 Å². The Morgan fingerprint density at radius 1 is 1.38 bits per heavy atom. The zero-order chi connectivity index (χ0) is 11.5. The number of hydrogen-bond acceptors (Lipinski definition) is 3. The minimum atomic E-state index is -0.388. The molecule has 3 heteroatoms. The minimum Gasteiger partial charge on any atom is -0.465 e. The van der Waals surface area contributed by atoms with Crippen LogP contribution in [0.5, 0.6) is 0 Å². The number of rotatable bonds is 3. The average Bonchev–Trinajstić information content (AvgIpc) is 2.26. The zero-order valence-electron chi connectivity index (χ0n) is 9.35. The van der Waals surface area contributed by atoms with E-state index in [0.717, 1.165) is 18.4 Å². The maximum atomic E-state index is 11.2. The van der Waals surface area contributed by atoms with E-state index in [9.17, 15) is 9.90 Å². The third-order valence-corrected chi connectivity index (χ3v) is 3.27. The van der Waals surface area contributed by atoms with Crippen molar-refractivity contribution in [1.82, 2.24) is 0 Å². The molecule has 0 bridgehead atoms. The fourth-order valence-corrected chi connectivity index (χ4v) is 1.96. The first-order chi connectivity index (χ1) is 7.72. The summed E-state index contributed by atoms with van der Waals surface area (Å²) in [5.74, 6) is 0.0497. The second-order valence-electron chi connectivity index (χ2n) is 4.25. The number of benzene rings is 1. The number of ether oxygens (including phenoxy) is 1. The third-order valence-electron chi connectivity index (χ3n) is 3.27. The van der Waals surface area contributed by atoms with Crippen LogP contribution in [0.3, 0.4) is 0 Å². The van der Waals surface area contributed by atoms with Crippen LogP contribution < -0.4 is 0 Å². The molecule has 0 heterocycles. The van der Waals surface area contributed by atoms with E-state index in [2.05, 4.69) is 4.74 Å². The van der Waals surface area contributed by atoms with Gasteiger partial charge in [-0.25, -0.2) is 4.79 Å². The molecule has 1 aliphatic carbocycles. The van der Waals surface area contributed by atoms with Crippen molar-refractivity contribution in [3.63, 3.8) is 0 Å². The van der Waals surface area contributed by atoms with Gasteiger partial charge in [-0.05, 0) is 36.5 Å². The average molecular weight is 220 g/mol. The van der Waals surface area contributed by atoms with Gasteiger partial charge in [-0.2, -0.15) is 0 Å². The molecular formula is C13H16O3. The smallest absolute Gasteiger partial charge is 0.337 e. The number of carbonyl (C=O) groups is 1. The number of methoxy groups -OCH3 is 1. The molecule has 0 aliphatic heterocycles. The van der Waals surface area contributed by atoms with Crippen LogP contribution in [-0.2, 0) is 4.74 Å². The van der Waals surface area contributed by atoms with E-state index in [1.807, 2.05) is 0 Å². The Morgan fingerprint density at radius 2 is 2.00 bits per heavy atom. The van der Waals surface area contributed by atoms with Gasteiger partial charge >= 0.3 is 5.97 Å². The molecule has 1 aliphatic rings. The molecule has 2 rings (SSSR count). The molecule has 1 fully saturated rings. The molecular weight excluding hydrogens is 204 g/mol. The Hall–Kier alpha value is -1.35. The van der Waals surface area contributed by atoms with Gasteiger partial charge in [0, 0.05) is 0 Å². The highest BCUT2D eigenvalue weighted by Gasteiger charge is 2.26. The molecule has 1 atom stereocenters. The van der Waals surface area contributed by atoms with E-state index < -0.39 is 0 Å². The lowest BCUT2D eigenvalue weighted by atomic mass is 9.79. The summed E-state index contributed by atoms with van der Waals surface area (Å²) < 4.78 is 4.61. The van der Waals surface area contributed by atoms with E-state index in [1.54, 1.807) is 24.3 Å². The van der Waals surface area contributed by atoms with Gasteiger partial charge in [0.1, 0.15) is 0 Å². The monoisotopic (exact) mass is 220 g/mol. The minimum absolute atomic E-state index is 0.343. The summed E-state index contributed by atoms with van der Waals surface area (Å²) in [6.07, 6.45) is 3.02. The van der Waals surface area contributed by atoms with Crippen molar-refractivity contribution in [2.24, 2.45) is 5.92 Å². The highest BCUT2D eigenvalue weighted by molar-refractivity contribution is 5.89. The number of aliphatic hydroxyl groups is 1. The van der Waals surface area contributed by atoms with Gasteiger partial charge < -0.3 is 9.84 Å². The second kappa shape index (κ2) is 4.66. The Bertz CT molecular complexity index is 365. The van der Waals surface area contributed by atoms with Crippen LogP contribution in [0.25, 0.3) is 0 Å². The standard InChI is InChI=1S/C13H16O3/c1-16-13(15)11-7-5-10(6-8-11)12(14)9-3-2-4-9/h5-9,12,14H,2-4H2,1H3. The fourth-order valence-electron chi connectivity index (χ4n) is 1.96. The maximum Gasteiger partial charge on any atom is 0.337 e. The lowest BCUT2D eigenvalue weighted by Gasteiger charge is -2.30. The molecule has 1 aromatic carbocycles. The van der Waals surface area contributed by atoms with Crippen molar-refractivity contribution in [3.05, 3.63) is 35.4 Å². The first-order valence-electron chi connectivity index (χ1n) is 5.58. The van der Waals surface area contributed by atoms with Crippen LogP contribution in [0.15, 0.2) is 24.3 Å². The topological polar surface area (TPSA) is 46.5 Å². The van der Waals surface area contributed by atoms with E-state index in [0.29, 0.717) is 11.5 Å². The Kier molecular flexibility index (Phi) is 3.25. The Balaban J connectivity index is 2.09. The van der Waals surface area contributed by atoms with Crippen LogP contribution in [0.1, 0.15) is 41.3 Å². The van der Waals surface area contributed by atoms with Crippen LogP contribution >= 0.6 is 0 Å². The first-order valence-corrected chi connectivity index (χ1v) is 5.58. The van der Waals surface area contributed by atoms with E-state index in [-0.39, 0.29) is 12.1 Å². The van der Waals surface area contributed by atoms with Crippen LogP contribution in [0.2, 0.25) is 0 Å². The van der Waals surface area contributed by atoms with Gasteiger partial charge in [-0.15, -0.1) is 0 Å². The quantitative estimate of drug-likeness (QED) is 0.795. The van der Waals surface area contributed by atoms with Crippen molar-refractivity contribution < 1.29 is 14.6 Å². The van der Waals surface area contributed by atoms with Crippen LogP contribution in [-0.4, -0.2) is 18.2 Å². The number of carbonyl (C=O) groups excluding carboxylic acids is 1. The van der Waals surface area contributed by atoms with Crippen molar-refractivity contribution in [2.45, 2.75) is 25.4 Å². The molecule has 0 saturated heterocycles. The van der Waals surface area contributed by atoms with Gasteiger partial charge in [0.2, 0.25) is 0 Å². The van der Waals surface area contributed by atoms with Crippen molar-refractivity contribution in [1.29, 1.82) is 0 Å². The molecule has 3 nitrogen and oxygen atoms in total. The summed E-state index contributed by atoms with van der Waals surface area (Å²) in [5.41, 5.74) is 1.41. The summed E-state index contributed by atoms with van der Waals surface area (Å²) in [4.78, 5) is 11.2. The summed E-state index contributed by atoms with van der Waals surface area (Å²) in [5, 5.41) is 10.0. The Morgan fingerprint density at radius 3 is 2.44 bits per heavy atom. The molecule has 1 saturated carbocycles. The molecule has 0 radical (unpaired) electrons. The predicted octanol–water partition coefficient (Wildman–Crippen LogP) is 2.31. The molecule has 1 unspecified atom stereocenters. The van der Waals surface area contributed by atoms with Crippen molar-refractivity contribution >= 4 is 5.97 Å². The van der Waals surface area contributed by atoms with Gasteiger partial charge in [-0.1, -0.05) is 18.6 Å². The number of hydrogen-bond donors (Lipinski definition) is 1. The van der Waals surface area contributed by atoms with Crippen molar-refractivity contribution in [2.75, 3.05) is 7.11 Å². The van der Waals surface area contributed by atoms with Gasteiger partial charge in [0.25, 0.3) is 0 Å². The van der Waals surface area contributed by atoms with Gasteiger partial charge in [-0.3, -0.25) is 0 Å². The maximum absolute atomic E-state index is 11.2. The SMILES string of the molecule is COC(=O)c1ccc(C(O)C2CCC2)cc1. The zero-order valence-corrected chi connectivity index (χ0v) is 9.35. The lowest BCUT2D eigenvalue weighted by molar-refractivity contribution is 0.0593. The summed E-state index contributed by atoms with van der Waals surface area (Å²) >= 11 is 0. The fraction of sp³-hybridized carbons (Fsp3) is 0.462. The molecule has 86 valence electrons. The van der Waals surface area contributed by atoms with Gasteiger partial charge in [0.15, 0.2) is 0 Å². The van der Waals surface area contributed by atoms with Crippen LogP contribution in [0.4, 0.5) is 0 Å². The molecule has 0 amide bonds. The normalized spacial score (nSPS) is 17.6. The van der Waals surface area contributed by atoms with E-state index in [4.69, 9.17) is 0 Å². The summed E-state index contributed by atoms with van der Waals surface area (Å²) in [6, 6.07) is 7.00. The van der Waals surface area contributed by atoms with E-state index in [1.165, 1.54) is 13.5 Å². The highest BCUT2D eigenvalue weighted by atomic mass is 16.5. The highest BCUT2D eigenvalue weighted by Crippen LogP contribution is 2.37. The van der Waals surface area contributed by atoms with Crippen LogP contribution in [0, 0.1) is 5.92 Å². The molecule has 0 aromatic heterocycles. The molecule has 0 spiro atoms. The predicted molar refractivity (Wildman–Crippen MR) is 60.1 cm³/mol. The summed E-state index contributed by atoms with van der Waals surface area (Å²) in [6.45, 7) is 0. The molecule has 1 N–H and O–H groups in total. The van der Waals surface area contributed by atoms with E-state index >= 15 is 0 Å².